The third-order valence-corrected chi connectivity index (χ3v) is 4.93. The van der Waals surface area contributed by atoms with Crippen LogP contribution in [0.2, 0.25) is 0 Å². The lowest BCUT2D eigenvalue weighted by atomic mass is 10.0. The number of halogens is 1. The molecule has 1 aromatic carbocycles. The Kier molecular flexibility index (Phi) is 5.58. The first-order valence-electron chi connectivity index (χ1n) is 6.42. The van der Waals surface area contributed by atoms with Crippen molar-refractivity contribution in [2.75, 3.05) is 0 Å². The van der Waals surface area contributed by atoms with E-state index in [2.05, 4.69) is 64.0 Å². The molecular formula is C15H19BrN2S. The average molecular weight is 339 g/mol. The summed E-state index contributed by atoms with van der Waals surface area (Å²) in [5.41, 5.74) is 5.61. The monoisotopic (exact) mass is 338 g/mol. The fourth-order valence-electron chi connectivity index (χ4n) is 2.04. The second kappa shape index (κ2) is 7.20. The van der Waals surface area contributed by atoms with E-state index >= 15 is 0 Å². The molecule has 0 aliphatic rings. The summed E-state index contributed by atoms with van der Waals surface area (Å²) in [5, 5.41) is 2.11. The van der Waals surface area contributed by atoms with Gasteiger partial charge in [-0.3, -0.25) is 11.3 Å². The van der Waals surface area contributed by atoms with Crippen molar-refractivity contribution in [2.24, 2.45) is 5.84 Å². The summed E-state index contributed by atoms with van der Waals surface area (Å²) < 4.78 is 1.15. The number of rotatable bonds is 6. The lowest BCUT2D eigenvalue weighted by molar-refractivity contribution is 0.494. The molecule has 0 saturated carbocycles. The Morgan fingerprint density at radius 3 is 2.63 bits per heavy atom. The van der Waals surface area contributed by atoms with Gasteiger partial charge in [0.2, 0.25) is 0 Å². The van der Waals surface area contributed by atoms with E-state index in [1.807, 2.05) is 0 Å². The summed E-state index contributed by atoms with van der Waals surface area (Å²) >= 11 is 5.26. The third-order valence-electron chi connectivity index (χ3n) is 3.21. The maximum atomic E-state index is 5.66. The highest BCUT2D eigenvalue weighted by Gasteiger charge is 2.09. The molecular weight excluding hydrogens is 320 g/mol. The molecule has 0 aliphatic heterocycles. The number of benzene rings is 1. The van der Waals surface area contributed by atoms with E-state index in [4.69, 9.17) is 5.84 Å². The highest BCUT2D eigenvalue weighted by Crippen LogP contribution is 2.21. The van der Waals surface area contributed by atoms with E-state index in [-0.39, 0.29) is 0 Å². The van der Waals surface area contributed by atoms with E-state index in [1.165, 1.54) is 16.0 Å². The lowest BCUT2D eigenvalue weighted by Crippen LogP contribution is -2.36. The minimum Gasteiger partial charge on any atom is -0.271 e. The topological polar surface area (TPSA) is 38.0 Å². The Balaban J connectivity index is 1.87. The predicted octanol–water partition coefficient (Wildman–Crippen LogP) is 3.83. The first-order valence-corrected chi connectivity index (χ1v) is 8.09. The van der Waals surface area contributed by atoms with Gasteiger partial charge in [-0.15, -0.1) is 11.3 Å². The van der Waals surface area contributed by atoms with Crippen LogP contribution in [0.15, 0.2) is 40.2 Å². The Morgan fingerprint density at radius 2 is 2.05 bits per heavy atom. The largest absolute Gasteiger partial charge is 0.271 e. The molecule has 1 heterocycles. The summed E-state index contributed by atoms with van der Waals surface area (Å²) in [7, 11) is 0. The molecule has 102 valence electrons. The quantitative estimate of drug-likeness (QED) is 0.620. The summed E-state index contributed by atoms with van der Waals surface area (Å²) in [6.07, 6.45) is 3.09. The number of nitrogens with two attached hydrogens (primary N) is 1. The second-order valence-corrected chi connectivity index (χ2v) is 6.73. The molecule has 2 rings (SSSR count). The van der Waals surface area contributed by atoms with Crippen LogP contribution in [0, 0.1) is 6.92 Å². The minimum atomic E-state index is 0.326. The van der Waals surface area contributed by atoms with Gasteiger partial charge < -0.3 is 0 Å². The molecule has 1 atom stereocenters. The number of thiophene rings is 1. The van der Waals surface area contributed by atoms with Crippen molar-refractivity contribution >= 4 is 27.3 Å². The molecule has 0 bridgehead atoms. The highest BCUT2D eigenvalue weighted by molar-refractivity contribution is 9.10. The minimum absolute atomic E-state index is 0.326. The number of aryl methyl sites for hydroxylation is 2. The third kappa shape index (κ3) is 4.73. The molecule has 0 radical (unpaired) electrons. The lowest BCUT2D eigenvalue weighted by Gasteiger charge is -2.14. The van der Waals surface area contributed by atoms with E-state index < -0.39 is 0 Å². The molecule has 1 unspecified atom stereocenters. The SMILES string of the molecule is Cc1ccc(CCC(Cc2cc(Br)cs2)NN)cc1. The fourth-order valence-corrected chi connectivity index (χ4v) is 3.58. The average Bonchev–Trinajstić information content (AvgIpc) is 2.82. The zero-order chi connectivity index (χ0) is 13.7. The van der Waals surface area contributed by atoms with E-state index in [0.717, 1.165) is 23.7 Å². The summed E-state index contributed by atoms with van der Waals surface area (Å²) in [6.45, 7) is 2.11. The number of hydrazine groups is 1. The fraction of sp³-hybridized carbons (Fsp3) is 0.333. The van der Waals surface area contributed by atoms with Gasteiger partial charge >= 0.3 is 0 Å². The molecule has 0 amide bonds. The van der Waals surface area contributed by atoms with Crippen LogP contribution in [0.5, 0.6) is 0 Å². The van der Waals surface area contributed by atoms with Gasteiger partial charge in [0.25, 0.3) is 0 Å². The highest BCUT2D eigenvalue weighted by atomic mass is 79.9. The Morgan fingerprint density at radius 1 is 1.32 bits per heavy atom. The van der Waals surface area contributed by atoms with Crippen LogP contribution in [-0.4, -0.2) is 6.04 Å². The Labute approximate surface area is 127 Å². The van der Waals surface area contributed by atoms with Gasteiger partial charge in [0.05, 0.1) is 0 Å². The maximum Gasteiger partial charge on any atom is 0.0285 e. The van der Waals surface area contributed by atoms with Crippen molar-refractivity contribution in [3.63, 3.8) is 0 Å². The van der Waals surface area contributed by atoms with E-state index in [9.17, 15) is 0 Å². The van der Waals surface area contributed by atoms with Gasteiger partial charge in [-0.25, -0.2) is 0 Å². The second-order valence-electron chi connectivity index (χ2n) is 4.82. The van der Waals surface area contributed by atoms with Gasteiger partial charge in [0, 0.05) is 20.8 Å². The molecule has 0 spiro atoms. The van der Waals surface area contributed by atoms with Crippen LogP contribution in [0.4, 0.5) is 0 Å². The molecule has 2 nitrogen and oxygen atoms in total. The molecule has 3 N–H and O–H groups in total. The zero-order valence-electron chi connectivity index (χ0n) is 11.0. The zero-order valence-corrected chi connectivity index (χ0v) is 13.4. The Hall–Kier alpha value is -0.680. The molecule has 2 aromatic rings. The molecule has 0 saturated heterocycles. The Bertz CT molecular complexity index is 507. The van der Waals surface area contributed by atoms with Crippen LogP contribution in [0.3, 0.4) is 0 Å². The standard InChI is InChI=1S/C15H19BrN2S/c1-11-2-4-12(5-3-11)6-7-14(18-17)9-15-8-13(16)10-19-15/h2-5,8,10,14,18H,6-7,9,17H2,1H3. The number of hydrogen-bond acceptors (Lipinski definition) is 3. The predicted molar refractivity (Wildman–Crippen MR) is 86.3 cm³/mol. The number of nitrogens with one attached hydrogen (secondary N) is 1. The number of hydrogen-bond donors (Lipinski definition) is 2. The molecule has 4 heteroatoms. The summed E-state index contributed by atoms with van der Waals surface area (Å²) in [4.78, 5) is 1.36. The van der Waals surface area contributed by atoms with E-state index in [1.54, 1.807) is 11.3 Å². The van der Waals surface area contributed by atoms with Crippen LogP contribution < -0.4 is 11.3 Å². The van der Waals surface area contributed by atoms with Crippen LogP contribution in [0.25, 0.3) is 0 Å². The van der Waals surface area contributed by atoms with Crippen LogP contribution in [0.1, 0.15) is 22.4 Å². The van der Waals surface area contributed by atoms with Crippen LogP contribution >= 0.6 is 27.3 Å². The van der Waals surface area contributed by atoms with Gasteiger partial charge in [-0.1, -0.05) is 29.8 Å². The van der Waals surface area contributed by atoms with E-state index in [0.29, 0.717) is 6.04 Å². The first kappa shape index (κ1) is 14.7. The van der Waals surface area contributed by atoms with Crippen molar-refractivity contribution in [2.45, 2.75) is 32.2 Å². The molecule has 0 aliphatic carbocycles. The van der Waals surface area contributed by atoms with Crippen molar-refractivity contribution in [3.05, 3.63) is 56.2 Å². The molecule has 19 heavy (non-hydrogen) atoms. The smallest absolute Gasteiger partial charge is 0.0285 e. The van der Waals surface area contributed by atoms with Crippen molar-refractivity contribution < 1.29 is 0 Å². The van der Waals surface area contributed by atoms with Gasteiger partial charge in [-0.2, -0.15) is 0 Å². The van der Waals surface area contributed by atoms with Crippen LogP contribution in [-0.2, 0) is 12.8 Å². The van der Waals surface area contributed by atoms with Gasteiger partial charge in [0.1, 0.15) is 0 Å². The van der Waals surface area contributed by atoms with Gasteiger partial charge in [-0.05, 0) is 53.7 Å². The van der Waals surface area contributed by atoms with Crippen molar-refractivity contribution in [1.82, 2.24) is 5.43 Å². The molecule has 0 fully saturated rings. The van der Waals surface area contributed by atoms with Crippen molar-refractivity contribution in [1.29, 1.82) is 0 Å². The summed E-state index contributed by atoms with van der Waals surface area (Å²) in [6, 6.07) is 11.2. The molecule has 1 aromatic heterocycles. The normalized spacial score (nSPS) is 12.6. The van der Waals surface area contributed by atoms with Crippen molar-refractivity contribution in [3.8, 4) is 0 Å². The maximum absolute atomic E-state index is 5.66. The summed E-state index contributed by atoms with van der Waals surface area (Å²) in [5.74, 6) is 5.66. The van der Waals surface area contributed by atoms with Gasteiger partial charge in [0.15, 0.2) is 0 Å². The first-order chi connectivity index (χ1) is 9.17.